The quantitative estimate of drug-likeness (QED) is 0.624. The molecule has 0 atom stereocenters. The minimum absolute atomic E-state index is 0.0196. The Morgan fingerprint density at radius 1 is 1.00 bits per heavy atom. The van der Waals surface area contributed by atoms with Crippen LogP contribution in [0.3, 0.4) is 0 Å². The van der Waals surface area contributed by atoms with E-state index in [1.54, 1.807) is 18.2 Å². The number of hydrogen-bond donors (Lipinski definition) is 2. The summed E-state index contributed by atoms with van der Waals surface area (Å²) in [4.78, 5) is 24.1. The average Bonchev–Trinajstić information content (AvgIpc) is 2.65. The molecule has 27 heavy (non-hydrogen) atoms. The van der Waals surface area contributed by atoms with Crippen LogP contribution in [0.2, 0.25) is 0 Å². The number of nitrogens with one attached hydrogen (secondary N) is 2. The number of hydrazine groups is 1. The topological polar surface area (TPSA) is 67.4 Å². The predicted molar refractivity (Wildman–Crippen MR) is 107 cm³/mol. The molecule has 2 N–H and O–H groups in total. The lowest BCUT2D eigenvalue weighted by Gasteiger charge is -2.19. The van der Waals surface area contributed by atoms with Gasteiger partial charge in [-0.1, -0.05) is 51.1 Å². The normalized spacial score (nSPS) is 11.3. The summed E-state index contributed by atoms with van der Waals surface area (Å²) in [6.45, 7) is 8.77. The van der Waals surface area contributed by atoms with E-state index >= 15 is 0 Å². The molecular weight excluding hydrogens is 340 g/mol. The van der Waals surface area contributed by atoms with Crippen molar-refractivity contribution in [2.45, 2.75) is 33.1 Å². The van der Waals surface area contributed by atoms with Crippen molar-refractivity contribution in [3.05, 3.63) is 71.3 Å². The van der Waals surface area contributed by atoms with Gasteiger partial charge in [0.1, 0.15) is 5.75 Å². The van der Waals surface area contributed by atoms with Gasteiger partial charge in [-0.05, 0) is 42.2 Å². The molecule has 2 rings (SSSR count). The Hall–Kier alpha value is -3.08. The lowest BCUT2D eigenvalue weighted by Crippen LogP contribution is -2.40. The van der Waals surface area contributed by atoms with Gasteiger partial charge >= 0.3 is 0 Å². The maximum Gasteiger partial charge on any atom is 0.269 e. The van der Waals surface area contributed by atoms with Crippen LogP contribution in [0.15, 0.2) is 54.6 Å². The van der Waals surface area contributed by atoms with E-state index < -0.39 is 5.91 Å². The van der Waals surface area contributed by atoms with Crippen molar-refractivity contribution in [3.63, 3.8) is 0 Å². The Labute approximate surface area is 160 Å². The zero-order valence-electron chi connectivity index (χ0n) is 16.2. The van der Waals surface area contributed by atoms with Gasteiger partial charge in [0.25, 0.3) is 11.8 Å². The number of amides is 2. The smallest absolute Gasteiger partial charge is 0.269 e. The fraction of sp³-hybridized carbons (Fsp3) is 0.273. The Kier molecular flexibility index (Phi) is 6.77. The molecule has 5 heteroatoms. The molecule has 0 aliphatic rings. The van der Waals surface area contributed by atoms with Crippen LogP contribution >= 0.6 is 0 Å². The second kappa shape index (κ2) is 9.03. The molecule has 0 aliphatic heterocycles. The maximum absolute atomic E-state index is 12.2. The largest absolute Gasteiger partial charge is 0.493 e. The van der Waals surface area contributed by atoms with E-state index in [9.17, 15) is 9.59 Å². The molecule has 0 saturated heterocycles. The molecule has 0 fully saturated rings. The van der Waals surface area contributed by atoms with E-state index in [1.807, 2.05) is 43.3 Å². The fourth-order valence-electron chi connectivity index (χ4n) is 2.42. The molecule has 0 spiro atoms. The second-order valence-corrected chi connectivity index (χ2v) is 7.07. The van der Waals surface area contributed by atoms with Crippen LogP contribution in [0.25, 0.3) is 6.08 Å². The van der Waals surface area contributed by atoms with E-state index in [4.69, 9.17) is 4.74 Å². The first kappa shape index (κ1) is 20.2. The van der Waals surface area contributed by atoms with Crippen LogP contribution in [-0.4, -0.2) is 18.4 Å². The molecule has 0 unspecified atom stereocenters. The minimum Gasteiger partial charge on any atom is -0.493 e. The van der Waals surface area contributed by atoms with Gasteiger partial charge < -0.3 is 4.74 Å². The van der Waals surface area contributed by atoms with Crippen molar-refractivity contribution in [3.8, 4) is 5.75 Å². The average molecular weight is 366 g/mol. The highest BCUT2D eigenvalue weighted by atomic mass is 16.5. The zero-order chi connectivity index (χ0) is 19.9. The summed E-state index contributed by atoms with van der Waals surface area (Å²) in [5.74, 6) is -0.0973. The van der Waals surface area contributed by atoms with Gasteiger partial charge in [-0.25, -0.2) is 0 Å². The van der Waals surface area contributed by atoms with Gasteiger partial charge in [0, 0.05) is 17.2 Å². The minimum atomic E-state index is -0.430. The summed E-state index contributed by atoms with van der Waals surface area (Å²) in [6.07, 6.45) is 2.99. The van der Waals surface area contributed by atoms with Crippen molar-refractivity contribution < 1.29 is 14.3 Å². The predicted octanol–water partition coefficient (Wildman–Crippen LogP) is 3.86. The van der Waals surface area contributed by atoms with Crippen molar-refractivity contribution in [1.82, 2.24) is 10.9 Å². The number of ether oxygens (including phenoxy) is 1. The molecule has 0 heterocycles. The number of hydrogen-bond acceptors (Lipinski definition) is 3. The van der Waals surface area contributed by atoms with Crippen LogP contribution in [0.5, 0.6) is 5.75 Å². The lowest BCUT2D eigenvalue weighted by atomic mass is 9.87. The third-order valence-electron chi connectivity index (χ3n) is 3.95. The molecule has 142 valence electrons. The number of benzene rings is 2. The van der Waals surface area contributed by atoms with E-state index in [1.165, 1.54) is 6.08 Å². The van der Waals surface area contributed by atoms with Crippen LogP contribution < -0.4 is 15.6 Å². The monoisotopic (exact) mass is 366 g/mol. The highest BCUT2D eigenvalue weighted by Crippen LogP contribution is 2.22. The van der Waals surface area contributed by atoms with E-state index in [0.717, 1.165) is 11.1 Å². The van der Waals surface area contributed by atoms with Crippen molar-refractivity contribution >= 4 is 17.9 Å². The van der Waals surface area contributed by atoms with Crippen molar-refractivity contribution in [2.24, 2.45) is 0 Å². The molecule has 5 nitrogen and oxygen atoms in total. The Balaban J connectivity index is 1.92. The molecule has 2 amide bonds. The Morgan fingerprint density at radius 3 is 2.30 bits per heavy atom. The molecule has 2 aromatic rings. The molecule has 0 saturated carbocycles. The van der Waals surface area contributed by atoms with Gasteiger partial charge in [-0.2, -0.15) is 0 Å². The van der Waals surface area contributed by atoms with Crippen LogP contribution in [-0.2, 0) is 10.2 Å². The van der Waals surface area contributed by atoms with Crippen molar-refractivity contribution in [2.75, 3.05) is 6.61 Å². The van der Waals surface area contributed by atoms with E-state index in [-0.39, 0.29) is 11.3 Å². The summed E-state index contributed by atoms with van der Waals surface area (Å²) in [5, 5.41) is 0. The third kappa shape index (κ3) is 5.99. The third-order valence-corrected chi connectivity index (χ3v) is 3.95. The summed E-state index contributed by atoms with van der Waals surface area (Å²) in [5.41, 5.74) is 7.22. The van der Waals surface area contributed by atoms with Crippen LogP contribution in [0.1, 0.15) is 49.2 Å². The molecule has 0 aromatic heterocycles. The zero-order valence-corrected chi connectivity index (χ0v) is 16.2. The van der Waals surface area contributed by atoms with Crippen LogP contribution in [0, 0.1) is 0 Å². The molecular formula is C22H26N2O3. The fourth-order valence-corrected chi connectivity index (χ4v) is 2.42. The first-order valence-electron chi connectivity index (χ1n) is 8.92. The number of carbonyl (C=O) groups is 2. The Morgan fingerprint density at radius 2 is 1.67 bits per heavy atom. The standard InChI is InChI=1S/C22H26N2O3/c1-5-27-19-9-7-6-8-16(19)12-15-20(25)23-24-21(26)17-10-13-18(14-11-17)22(2,3)4/h6-15H,5H2,1-4H3,(H,23,25)(H,24,26)/b15-12+. The van der Waals surface area contributed by atoms with Gasteiger partial charge in [0.05, 0.1) is 6.61 Å². The summed E-state index contributed by atoms with van der Waals surface area (Å²) in [6, 6.07) is 14.8. The first-order chi connectivity index (χ1) is 12.8. The van der Waals surface area contributed by atoms with Gasteiger partial charge in [-0.3, -0.25) is 20.4 Å². The summed E-state index contributed by atoms with van der Waals surface area (Å²) < 4.78 is 5.51. The van der Waals surface area contributed by atoms with Crippen LogP contribution in [0.4, 0.5) is 0 Å². The molecule has 2 aromatic carbocycles. The lowest BCUT2D eigenvalue weighted by molar-refractivity contribution is -0.117. The number of rotatable bonds is 5. The highest BCUT2D eigenvalue weighted by molar-refractivity contribution is 5.98. The summed E-state index contributed by atoms with van der Waals surface area (Å²) >= 11 is 0. The Bertz CT molecular complexity index is 818. The second-order valence-electron chi connectivity index (χ2n) is 7.07. The highest BCUT2D eigenvalue weighted by Gasteiger charge is 2.14. The van der Waals surface area contributed by atoms with E-state index in [0.29, 0.717) is 17.9 Å². The molecule has 0 radical (unpaired) electrons. The SMILES string of the molecule is CCOc1ccccc1/C=C/C(=O)NNC(=O)c1ccc(C(C)(C)C)cc1. The van der Waals surface area contributed by atoms with E-state index in [2.05, 4.69) is 31.6 Å². The first-order valence-corrected chi connectivity index (χ1v) is 8.92. The van der Waals surface area contributed by atoms with Gasteiger partial charge in [-0.15, -0.1) is 0 Å². The maximum atomic E-state index is 12.2. The van der Waals surface area contributed by atoms with Gasteiger partial charge in [0.2, 0.25) is 0 Å². The molecule has 0 aliphatic carbocycles. The molecule has 0 bridgehead atoms. The summed E-state index contributed by atoms with van der Waals surface area (Å²) in [7, 11) is 0. The number of para-hydroxylation sites is 1. The van der Waals surface area contributed by atoms with Crippen molar-refractivity contribution in [1.29, 1.82) is 0 Å². The number of carbonyl (C=O) groups excluding carboxylic acids is 2. The van der Waals surface area contributed by atoms with Gasteiger partial charge in [0.15, 0.2) is 0 Å².